The Morgan fingerprint density at radius 3 is 2.08 bits per heavy atom. The monoisotopic (exact) mass is 501 g/mol. The molecular weight excluding hydrogens is 462 g/mol. The molecule has 2 saturated heterocycles. The van der Waals surface area contributed by atoms with E-state index in [9.17, 15) is 9.59 Å². The van der Waals surface area contributed by atoms with Crippen LogP contribution in [-0.4, -0.2) is 67.0 Å². The first-order valence-electron chi connectivity index (χ1n) is 14.3. The summed E-state index contributed by atoms with van der Waals surface area (Å²) < 4.78 is 5.33. The Morgan fingerprint density at radius 2 is 1.43 bits per heavy atom. The SMILES string of the molecule is O=C(c1ccc(-c2ccc3c(c2)C2(CCCCCCCC2)CN3)cc1)N1CCN(C(=O)C2CCO2)CC1. The molecule has 0 bridgehead atoms. The number of hydrogen-bond acceptors (Lipinski definition) is 4. The minimum absolute atomic E-state index is 0.0428. The van der Waals surface area contributed by atoms with Gasteiger partial charge in [0.25, 0.3) is 11.8 Å². The summed E-state index contributed by atoms with van der Waals surface area (Å²) in [7, 11) is 0. The van der Waals surface area contributed by atoms with E-state index in [1.165, 1.54) is 68.2 Å². The van der Waals surface area contributed by atoms with Gasteiger partial charge in [-0.25, -0.2) is 0 Å². The highest BCUT2D eigenvalue weighted by Crippen LogP contribution is 2.46. The number of piperazine rings is 1. The molecule has 1 atom stereocenters. The van der Waals surface area contributed by atoms with Crippen LogP contribution in [0.3, 0.4) is 0 Å². The van der Waals surface area contributed by atoms with E-state index in [4.69, 9.17) is 4.74 Å². The molecule has 3 aliphatic heterocycles. The Kier molecular flexibility index (Phi) is 6.94. The van der Waals surface area contributed by atoms with Gasteiger partial charge in [0.15, 0.2) is 0 Å². The number of nitrogens with zero attached hydrogens (tertiary/aromatic N) is 2. The summed E-state index contributed by atoms with van der Waals surface area (Å²) in [6, 6.07) is 14.9. The minimum Gasteiger partial charge on any atom is -0.384 e. The Balaban J connectivity index is 1.13. The molecule has 2 aromatic carbocycles. The number of nitrogens with one attached hydrogen (secondary N) is 1. The molecule has 1 saturated carbocycles. The summed E-state index contributed by atoms with van der Waals surface area (Å²) in [6.07, 6.45) is 11.2. The Hall–Kier alpha value is -2.86. The predicted molar refractivity (Wildman–Crippen MR) is 146 cm³/mol. The summed E-state index contributed by atoms with van der Waals surface area (Å²) in [4.78, 5) is 29.3. The number of rotatable bonds is 3. The van der Waals surface area contributed by atoms with Crippen LogP contribution in [0.5, 0.6) is 0 Å². The van der Waals surface area contributed by atoms with Crippen LogP contribution in [0.15, 0.2) is 42.5 Å². The molecular formula is C31H39N3O3. The molecule has 6 nitrogen and oxygen atoms in total. The van der Waals surface area contributed by atoms with Gasteiger partial charge in [-0.15, -0.1) is 0 Å². The van der Waals surface area contributed by atoms with E-state index in [0.29, 0.717) is 38.3 Å². The third-order valence-electron chi connectivity index (χ3n) is 9.09. The average Bonchev–Trinajstić information content (AvgIpc) is 3.32. The summed E-state index contributed by atoms with van der Waals surface area (Å²) >= 11 is 0. The molecule has 1 spiro atoms. The van der Waals surface area contributed by atoms with Gasteiger partial charge in [-0.05, 0) is 53.8 Å². The van der Waals surface area contributed by atoms with Crippen LogP contribution in [-0.2, 0) is 14.9 Å². The number of carbonyl (C=O) groups excluding carboxylic acids is 2. The van der Waals surface area contributed by atoms with Crippen LogP contribution in [0.4, 0.5) is 5.69 Å². The Morgan fingerprint density at radius 1 is 0.811 bits per heavy atom. The first-order valence-corrected chi connectivity index (χ1v) is 14.3. The van der Waals surface area contributed by atoms with Crippen molar-refractivity contribution in [2.45, 2.75) is 69.3 Å². The number of fused-ring (bicyclic) bond motifs is 2. The predicted octanol–water partition coefficient (Wildman–Crippen LogP) is 5.22. The molecule has 196 valence electrons. The van der Waals surface area contributed by atoms with Crippen molar-refractivity contribution in [3.63, 3.8) is 0 Å². The molecule has 37 heavy (non-hydrogen) atoms. The lowest BCUT2D eigenvalue weighted by Gasteiger charge is -2.38. The number of ether oxygens (including phenoxy) is 1. The normalized spacial score (nSPS) is 23.3. The van der Waals surface area contributed by atoms with Gasteiger partial charge in [0.05, 0.1) is 6.61 Å². The van der Waals surface area contributed by atoms with Gasteiger partial charge >= 0.3 is 0 Å². The number of benzene rings is 2. The standard InChI is InChI=1S/C31H39N3O3/c35-29(33-16-18-34(19-17-33)30(36)28-13-20-37-28)24-9-7-23(8-10-24)25-11-12-27-26(21-25)31(22-32-27)14-5-3-1-2-4-6-15-31/h7-12,21,28,32H,1-6,13-20,22H2. The number of hydrogen-bond donors (Lipinski definition) is 1. The van der Waals surface area contributed by atoms with E-state index in [0.717, 1.165) is 18.5 Å². The second kappa shape index (κ2) is 10.5. The molecule has 0 radical (unpaired) electrons. The fraction of sp³-hybridized carbons (Fsp3) is 0.548. The number of carbonyl (C=O) groups is 2. The van der Waals surface area contributed by atoms with E-state index >= 15 is 0 Å². The zero-order chi connectivity index (χ0) is 25.2. The highest BCUT2D eigenvalue weighted by Gasteiger charge is 2.38. The van der Waals surface area contributed by atoms with E-state index in [2.05, 4.69) is 35.6 Å². The van der Waals surface area contributed by atoms with Crippen molar-refractivity contribution in [2.24, 2.45) is 0 Å². The van der Waals surface area contributed by atoms with Crippen molar-refractivity contribution >= 4 is 17.5 Å². The third-order valence-corrected chi connectivity index (χ3v) is 9.09. The lowest BCUT2D eigenvalue weighted by Crippen LogP contribution is -2.54. The Labute approximate surface area is 220 Å². The minimum atomic E-state index is -0.267. The smallest absolute Gasteiger partial charge is 0.253 e. The van der Waals surface area contributed by atoms with E-state index in [1.807, 2.05) is 21.9 Å². The van der Waals surface area contributed by atoms with Crippen molar-refractivity contribution < 1.29 is 14.3 Å². The van der Waals surface area contributed by atoms with E-state index in [-0.39, 0.29) is 23.3 Å². The van der Waals surface area contributed by atoms with Crippen LogP contribution in [0.25, 0.3) is 11.1 Å². The van der Waals surface area contributed by atoms with Crippen LogP contribution < -0.4 is 5.32 Å². The average molecular weight is 502 g/mol. The van der Waals surface area contributed by atoms with E-state index < -0.39 is 0 Å². The molecule has 1 unspecified atom stereocenters. The Bertz CT molecular complexity index is 1120. The first-order chi connectivity index (χ1) is 18.1. The molecule has 6 heteroatoms. The number of anilines is 1. The maximum absolute atomic E-state index is 13.2. The number of amides is 2. The van der Waals surface area contributed by atoms with Crippen molar-refractivity contribution in [1.82, 2.24) is 9.80 Å². The van der Waals surface area contributed by atoms with Gasteiger partial charge in [0.2, 0.25) is 0 Å². The van der Waals surface area contributed by atoms with Gasteiger partial charge in [0.1, 0.15) is 6.10 Å². The first kappa shape index (κ1) is 24.5. The van der Waals surface area contributed by atoms with Crippen molar-refractivity contribution in [2.75, 3.05) is 44.6 Å². The highest BCUT2D eigenvalue weighted by atomic mass is 16.5. The summed E-state index contributed by atoms with van der Waals surface area (Å²) in [6.45, 7) is 4.03. The topological polar surface area (TPSA) is 61.9 Å². The van der Waals surface area contributed by atoms with Crippen LogP contribution in [0.2, 0.25) is 0 Å². The molecule has 3 fully saturated rings. The lowest BCUT2D eigenvalue weighted by atomic mass is 9.74. The van der Waals surface area contributed by atoms with Gasteiger partial charge in [-0.3, -0.25) is 9.59 Å². The summed E-state index contributed by atoms with van der Waals surface area (Å²) in [5, 5.41) is 3.71. The van der Waals surface area contributed by atoms with Gasteiger partial charge in [-0.1, -0.05) is 56.7 Å². The van der Waals surface area contributed by atoms with Crippen molar-refractivity contribution in [3.05, 3.63) is 53.6 Å². The molecule has 0 aromatic heterocycles. The fourth-order valence-electron chi connectivity index (χ4n) is 6.63. The molecule has 1 N–H and O–H groups in total. The summed E-state index contributed by atoms with van der Waals surface area (Å²) in [5.41, 5.74) is 6.15. The zero-order valence-corrected chi connectivity index (χ0v) is 21.8. The van der Waals surface area contributed by atoms with Gasteiger partial charge in [0, 0.05) is 55.8 Å². The van der Waals surface area contributed by atoms with Gasteiger partial charge in [-0.2, -0.15) is 0 Å². The quantitative estimate of drug-likeness (QED) is 0.626. The van der Waals surface area contributed by atoms with Gasteiger partial charge < -0.3 is 19.9 Å². The summed E-state index contributed by atoms with van der Waals surface area (Å²) in [5.74, 6) is 0.116. The molecule has 2 amide bonds. The fourth-order valence-corrected chi connectivity index (χ4v) is 6.63. The van der Waals surface area contributed by atoms with Crippen LogP contribution in [0.1, 0.15) is 73.7 Å². The molecule has 6 rings (SSSR count). The molecule has 4 aliphatic rings. The maximum Gasteiger partial charge on any atom is 0.253 e. The van der Waals surface area contributed by atoms with Crippen molar-refractivity contribution in [1.29, 1.82) is 0 Å². The third kappa shape index (κ3) is 4.88. The zero-order valence-electron chi connectivity index (χ0n) is 21.8. The van der Waals surface area contributed by atoms with Crippen molar-refractivity contribution in [3.8, 4) is 11.1 Å². The lowest BCUT2D eigenvalue weighted by molar-refractivity contribution is -0.157. The molecule has 1 aliphatic carbocycles. The van der Waals surface area contributed by atoms with Crippen LogP contribution >= 0.6 is 0 Å². The second-order valence-electron chi connectivity index (χ2n) is 11.4. The van der Waals surface area contributed by atoms with E-state index in [1.54, 1.807) is 0 Å². The maximum atomic E-state index is 13.2. The molecule has 2 aromatic rings. The highest BCUT2D eigenvalue weighted by molar-refractivity contribution is 5.95. The van der Waals surface area contributed by atoms with Crippen LogP contribution in [0, 0.1) is 0 Å². The largest absolute Gasteiger partial charge is 0.384 e. The second-order valence-corrected chi connectivity index (χ2v) is 11.4. The molecule has 3 heterocycles.